The van der Waals surface area contributed by atoms with Crippen LogP contribution < -0.4 is 9.47 Å². The van der Waals surface area contributed by atoms with Crippen molar-refractivity contribution in [2.24, 2.45) is 11.8 Å². The first-order chi connectivity index (χ1) is 11.1. The Morgan fingerprint density at radius 3 is 2.67 bits per heavy atom. The number of benzene rings is 1. The van der Waals surface area contributed by atoms with Crippen LogP contribution in [0.25, 0.3) is 0 Å². The Morgan fingerprint density at radius 2 is 2.00 bits per heavy atom. The molecule has 2 aliphatic heterocycles. The summed E-state index contributed by atoms with van der Waals surface area (Å²) in [4.78, 5) is 12.7. The topological polar surface area (TPSA) is 55.8 Å². The first-order valence-electron chi connectivity index (χ1n) is 8.95. The van der Waals surface area contributed by atoms with Gasteiger partial charge in [-0.05, 0) is 40.0 Å². The Bertz CT molecular complexity index is 734. The van der Waals surface area contributed by atoms with E-state index in [4.69, 9.17) is 9.47 Å². The molecule has 130 valence electrons. The lowest BCUT2D eigenvalue weighted by Gasteiger charge is -2.55. The molecule has 4 rings (SSSR count). The molecule has 0 saturated heterocycles. The van der Waals surface area contributed by atoms with Crippen LogP contribution in [0.4, 0.5) is 0 Å². The highest BCUT2D eigenvalue weighted by Crippen LogP contribution is 2.62. The zero-order chi connectivity index (χ0) is 17.4. The molecule has 2 heterocycles. The van der Waals surface area contributed by atoms with Crippen LogP contribution in [0.15, 0.2) is 6.07 Å². The van der Waals surface area contributed by atoms with Crippen LogP contribution in [-0.2, 0) is 0 Å². The number of ketones is 1. The largest absolute Gasteiger partial charge is 0.507 e. The first-order valence-corrected chi connectivity index (χ1v) is 8.95. The highest BCUT2D eigenvalue weighted by Gasteiger charge is 2.55. The average Bonchev–Trinajstić information content (AvgIpc) is 2.44. The van der Waals surface area contributed by atoms with Crippen LogP contribution in [0.3, 0.4) is 0 Å². The van der Waals surface area contributed by atoms with E-state index in [-0.39, 0.29) is 28.7 Å². The van der Waals surface area contributed by atoms with Gasteiger partial charge in [0.1, 0.15) is 34.0 Å². The molecule has 4 nitrogen and oxygen atoms in total. The minimum absolute atomic E-state index is 0.0275. The van der Waals surface area contributed by atoms with E-state index in [0.29, 0.717) is 28.9 Å². The second kappa shape index (κ2) is 4.68. The molecule has 0 aromatic heterocycles. The van der Waals surface area contributed by atoms with Crippen molar-refractivity contribution in [2.75, 3.05) is 0 Å². The maximum Gasteiger partial charge on any atom is 0.172 e. The smallest absolute Gasteiger partial charge is 0.172 e. The predicted molar refractivity (Wildman–Crippen MR) is 91.1 cm³/mol. The summed E-state index contributed by atoms with van der Waals surface area (Å²) in [5.41, 5.74) is 0.786. The SMILES string of the molecule is CC(C)C(=O)c1c(O)cc2c3c1OC(C)(C)[C@H]1CC[C@](C)(C[C@@H]31)O2. The van der Waals surface area contributed by atoms with Crippen LogP contribution in [0.2, 0.25) is 0 Å². The van der Waals surface area contributed by atoms with Crippen molar-refractivity contribution in [1.82, 2.24) is 0 Å². The minimum Gasteiger partial charge on any atom is -0.507 e. The monoisotopic (exact) mass is 330 g/mol. The number of carbonyl (C=O) groups excluding carboxylic acids is 1. The summed E-state index contributed by atoms with van der Waals surface area (Å²) in [6, 6.07) is 1.63. The highest BCUT2D eigenvalue weighted by molar-refractivity contribution is 6.03. The maximum absolute atomic E-state index is 12.7. The molecular weight excluding hydrogens is 304 g/mol. The van der Waals surface area contributed by atoms with E-state index < -0.39 is 0 Å². The van der Waals surface area contributed by atoms with Gasteiger partial charge in [0.25, 0.3) is 0 Å². The molecule has 0 spiro atoms. The molecule has 1 aromatic carbocycles. The van der Waals surface area contributed by atoms with Gasteiger partial charge in [-0.1, -0.05) is 13.8 Å². The molecule has 2 bridgehead atoms. The lowest BCUT2D eigenvalue weighted by molar-refractivity contribution is -0.0731. The van der Waals surface area contributed by atoms with E-state index in [1.807, 2.05) is 13.8 Å². The van der Waals surface area contributed by atoms with Gasteiger partial charge in [-0.15, -0.1) is 0 Å². The number of carbonyl (C=O) groups is 1. The Morgan fingerprint density at radius 1 is 1.29 bits per heavy atom. The van der Waals surface area contributed by atoms with Crippen molar-refractivity contribution < 1.29 is 19.4 Å². The lowest BCUT2D eigenvalue weighted by Crippen LogP contribution is -2.54. The predicted octanol–water partition coefficient (Wildman–Crippen LogP) is 4.44. The Balaban J connectivity index is 1.99. The molecular formula is C20H26O4. The van der Waals surface area contributed by atoms with Crippen molar-refractivity contribution in [3.05, 3.63) is 17.2 Å². The van der Waals surface area contributed by atoms with Crippen LogP contribution in [0.5, 0.6) is 17.2 Å². The van der Waals surface area contributed by atoms with Gasteiger partial charge in [-0.3, -0.25) is 4.79 Å². The van der Waals surface area contributed by atoms with Gasteiger partial charge >= 0.3 is 0 Å². The molecule has 1 saturated carbocycles. The van der Waals surface area contributed by atoms with Crippen molar-refractivity contribution in [1.29, 1.82) is 0 Å². The summed E-state index contributed by atoms with van der Waals surface area (Å²) in [5, 5.41) is 10.6. The van der Waals surface area contributed by atoms with Gasteiger partial charge in [0.2, 0.25) is 0 Å². The van der Waals surface area contributed by atoms with E-state index >= 15 is 0 Å². The molecule has 24 heavy (non-hydrogen) atoms. The third-order valence-corrected chi connectivity index (χ3v) is 6.14. The summed E-state index contributed by atoms with van der Waals surface area (Å²) in [7, 11) is 0. The van der Waals surface area contributed by atoms with Gasteiger partial charge in [-0.2, -0.15) is 0 Å². The van der Waals surface area contributed by atoms with E-state index in [0.717, 1.165) is 24.8 Å². The van der Waals surface area contributed by atoms with Crippen LogP contribution in [0, 0.1) is 11.8 Å². The number of rotatable bonds is 2. The quantitative estimate of drug-likeness (QED) is 0.815. The molecule has 0 amide bonds. The molecule has 0 radical (unpaired) electrons. The summed E-state index contributed by atoms with van der Waals surface area (Å²) in [6.45, 7) is 10.1. The molecule has 0 unspecified atom stereocenters. The van der Waals surface area contributed by atoms with Crippen molar-refractivity contribution in [3.8, 4) is 17.2 Å². The Hall–Kier alpha value is -1.71. The van der Waals surface area contributed by atoms with Gasteiger partial charge < -0.3 is 14.6 Å². The molecule has 4 heteroatoms. The van der Waals surface area contributed by atoms with Crippen LogP contribution >= 0.6 is 0 Å². The number of phenols is 1. The molecule has 1 aliphatic carbocycles. The van der Waals surface area contributed by atoms with Crippen LogP contribution in [0.1, 0.15) is 75.7 Å². The number of hydrogen-bond donors (Lipinski definition) is 1. The van der Waals surface area contributed by atoms with E-state index in [1.54, 1.807) is 6.07 Å². The summed E-state index contributed by atoms with van der Waals surface area (Å²) < 4.78 is 12.6. The number of fused-ring (bicyclic) bond motifs is 1. The zero-order valence-corrected chi connectivity index (χ0v) is 15.1. The summed E-state index contributed by atoms with van der Waals surface area (Å²) in [6.07, 6.45) is 3.00. The number of Topliss-reactive ketones (excluding diaryl/α,β-unsaturated/α-hetero) is 1. The lowest BCUT2D eigenvalue weighted by atomic mass is 9.61. The molecule has 3 atom stereocenters. The highest BCUT2D eigenvalue weighted by atomic mass is 16.5. The Kier molecular flexibility index (Phi) is 3.08. The first kappa shape index (κ1) is 15.8. The fraction of sp³-hybridized carbons (Fsp3) is 0.650. The third kappa shape index (κ3) is 2.01. The van der Waals surface area contributed by atoms with E-state index in [1.165, 1.54) is 0 Å². The fourth-order valence-electron chi connectivity index (χ4n) is 4.91. The van der Waals surface area contributed by atoms with Gasteiger partial charge in [0.15, 0.2) is 5.78 Å². The van der Waals surface area contributed by atoms with Crippen molar-refractivity contribution in [2.45, 2.75) is 71.0 Å². The number of ether oxygens (including phenoxy) is 2. The standard InChI is InChI=1S/C20H26O4/c1-10(2)17(22)16-13(21)8-14-15-11-9-20(5,23-14)7-6-12(11)19(3,4)24-18(15)16/h8,10-12,21H,6-7,9H2,1-5H3/t11-,12+,20-/m1/s1. The number of aromatic hydroxyl groups is 1. The normalized spacial score (nSPS) is 32.1. The molecule has 1 N–H and O–H groups in total. The Labute approximate surface area is 143 Å². The molecule has 3 aliphatic rings. The zero-order valence-electron chi connectivity index (χ0n) is 15.1. The average molecular weight is 330 g/mol. The second-order valence-electron chi connectivity index (χ2n) is 8.74. The number of hydrogen-bond acceptors (Lipinski definition) is 4. The molecule has 1 aromatic rings. The molecule has 1 fully saturated rings. The van der Waals surface area contributed by atoms with Crippen molar-refractivity contribution in [3.63, 3.8) is 0 Å². The summed E-state index contributed by atoms with van der Waals surface area (Å²) in [5.74, 6) is 1.68. The van der Waals surface area contributed by atoms with E-state index in [9.17, 15) is 9.90 Å². The second-order valence-corrected chi connectivity index (χ2v) is 8.74. The van der Waals surface area contributed by atoms with Gasteiger partial charge in [0, 0.05) is 29.4 Å². The summed E-state index contributed by atoms with van der Waals surface area (Å²) >= 11 is 0. The van der Waals surface area contributed by atoms with Crippen molar-refractivity contribution >= 4 is 5.78 Å². The van der Waals surface area contributed by atoms with E-state index in [2.05, 4.69) is 20.8 Å². The fourth-order valence-corrected chi connectivity index (χ4v) is 4.91. The van der Waals surface area contributed by atoms with Gasteiger partial charge in [-0.25, -0.2) is 0 Å². The van der Waals surface area contributed by atoms with Crippen LogP contribution in [-0.4, -0.2) is 22.1 Å². The number of phenolic OH excluding ortho intramolecular Hbond substituents is 1. The minimum atomic E-state index is -0.354. The van der Waals surface area contributed by atoms with Gasteiger partial charge in [0.05, 0.1) is 0 Å². The maximum atomic E-state index is 12.7. The third-order valence-electron chi connectivity index (χ3n) is 6.14.